The number of carbonyl (C=O) groups excluding carboxylic acids is 1. The Labute approximate surface area is 135 Å². The fourth-order valence-electron chi connectivity index (χ4n) is 2.62. The Morgan fingerprint density at radius 2 is 2.05 bits per heavy atom. The smallest absolute Gasteiger partial charge is 0.314 e. The predicted molar refractivity (Wildman–Crippen MR) is 89.3 cm³/mol. The highest BCUT2D eigenvalue weighted by Crippen LogP contribution is 2.47. The molecule has 2 aromatic rings. The lowest BCUT2D eigenvalue weighted by Crippen LogP contribution is -2.40. The summed E-state index contributed by atoms with van der Waals surface area (Å²) in [4.78, 5) is 16.3. The Balaban J connectivity index is 1.41. The van der Waals surface area contributed by atoms with Gasteiger partial charge in [-0.15, -0.1) is 11.3 Å². The number of thiazole rings is 1. The molecule has 2 amide bonds. The monoisotopic (exact) mass is 315 g/mol. The van der Waals surface area contributed by atoms with Crippen LogP contribution >= 0.6 is 11.3 Å². The molecule has 0 unspecified atom stereocenters. The van der Waals surface area contributed by atoms with Gasteiger partial charge in [-0.2, -0.15) is 0 Å². The molecule has 5 heteroatoms. The van der Waals surface area contributed by atoms with Gasteiger partial charge in [0.25, 0.3) is 0 Å². The number of nitrogens with one attached hydrogen (secondary N) is 2. The predicted octanol–water partition coefficient (Wildman–Crippen LogP) is 3.03. The second-order valence-corrected chi connectivity index (χ2v) is 6.83. The molecule has 4 nitrogen and oxygen atoms in total. The molecular formula is C17H21N3OS. The lowest BCUT2D eigenvalue weighted by Gasteiger charge is -2.16. The average molecular weight is 315 g/mol. The molecule has 3 rings (SSSR count). The standard InChI is InChI=1S/C17H21N3OS/c1-13-11-22-15(20-13)7-10-18-16(21)19-12-17(8-9-17)14-5-3-2-4-6-14/h2-6,11H,7-10,12H2,1H3,(H2,18,19,21). The SMILES string of the molecule is Cc1csc(CCNC(=O)NCC2(c3ccccc3)CC2)n1. The van der Waals surface area contributed by atoms with Crippen LogP contribution in [-0.4, -0.2) is 24.1 Å². The highest BCUT2D eigenvalue weighted by Gasteiger charge is 2.44. The van der Waals surface area contributed by atoms with Crippen molar-refractivity contribution in [1.82, 2.24) is 15.6 Å². The summed E-state index contributed by atoms with van der Waals surface area (Å²) in [5, 5.41) is 9.02. The molecule has 22 heavy (non-hydrogen) atoms. The molecule has 1 heterocycles. The Morgan fingerprint density at radius 3 is 2.68 bits per heavy atom. The van der Waals surface area contributed by atoms with Crippen molar-refractivity contribution in [2.45, 2.75) is 31.6 Å². The van der Waals surface area contributed by atoms with Crippen LogP contribution in [0.2, 0.25) is 0 Å². The van der Waals surface area contributed by atoms with E-state index < -0.39 is 0 Å². The zero-order valence-electron chi connectivity index (χ0n) is 12.8. The largest absolute Gasteiger partial charge is 0.338 e. The second kappa shape index (κ2) is 6.48. The van der Waals surface area contributed by atoms with E-state index in [0.29, 0.717) is 13.1 Å². The summed E-state index contributed by atoms with van der Waals surface area (Å²) < 4.78 is 0. The minimum absolute atomic E-state index is 0.0875. The lowest BCUT2D eigenvalue weighted by molar-refractivity contribution is 0.240. The van der Waals surface area contributed by atoms with Crippen molar-refractivity contribution in [2.75, 3.05) is 13.1 Å². The van der Waals surface area contributed by atoms with E-state index in [1.165, 1.54) is 5.56 Å². The van der Waals surface area contributed by atoms with Crippen LogP contribution in [0.25, 0.3) is 0 Å². The van der Waals surface area contributed by atoms with Gasteiger partial charge in [-0.25, -0.2) is 9.78 Å². The van der Waals surface area contributed by atoms with E-state index in [4.69, 9.17) is 0 Å². The fraction of sp³-hybridized carbons (Fsp3) is 0.412. The van der Waals surface area contributed by atoms with E-state index >= 15 is 0 Å². The zero-order chi connectivity index (χ0) is 15.4. The van der Waals surface area contributed by atoms with Crippen LogP contribution in [-0.2, 0) is 11.8 Å². The molecule has 1 aliphatic rings. The van der Waals surface area contributed by atoms with Crippen molar-refractivity contribution in [1.29, 1.82) is 0 Å². The third-order valence-electron chi connectivity index (χ3n) is 4.12. The number of rotatable bonds is 6. The van der Waals surface area contributed by atoms with Crippen LogP contribution < -0.4 is 10.6 Å². The number of amides is 2. The van der Waals surface area contributed by atoms with E-state index in [1.807, 2.05) is 18.4 Å². The Morgan fingerprint density at radius 1 is 1.27 bits per heavy atom. The van der Waals surface area contributed by atoms with Gasteiger partial charge in [0.05, 0.1) is 5.01 Å². The lowest BCUT2D eigenvalue weighted by atomic mass is 9.96. The first-order valence-electron chi connectivity index (χ1n) is 7.66. The number of urea groups is 1. The minimum Gasteiger partial charge on any atom is -0.338 e. The van der Waals surface area contributed by atoms with E-state index in [9.17, 15) is 4.79 Å². The molecule has 0 aliphatic heterocycles. The molecule has 1 aromatic heterocycles. The third kappa shape index (κ3) is 3.65. The Kier molecular flexibility index (Phi) is 4.43. The summed E-state index contributed by atoms with van der Waals surface area (Å²) in [5.41, 5.74) is 2.53. The minimum atomic E-state index is -0.0875. The van der Waals surface area contributed by atoms with Crippen molar-refractivity contribution in [3.63, 3.8) is 0 Å². The molecule has 1 aliphatic carbocycles. The third-order valence-corrected chi connectivity index (χ3v) is 5.14. The van der Waals surface area contributed by atoms with Gasteiger partial charge < -0.3 is 10.6 Å². The van der Waals surface area contributed by atoms with Crippen molar-refractivity contribution < 1.29 is 4.79 Å². The molecule has 0 spiro atoms. The van der Waals surface area contributed by atoms with Crippen LogP contribution in [0.1, 0.15) is 29.1 Å². The van der Waals surface area contributed by atoms with Crippen molar-refractivity contribution in [3.8, 4) is 0 Å². The maximum Gasteiger partial charge on any atom is 0.314 e. The van der Waals surface area contributed by atoms with Gasteiger partial charge in [-0.1, -0.05) is 30.3 Å². The summed E-state index contributed by atoms with van der Waals surface area (Å²) >= 11 is 1.64. The molecule has 2 N–H and O–H groups in total. The topological polar surface area (TPSA) is 54.0 Å². The molecule has 1 saturated carbocycles. The number of benzene rings is 1. The highest BCUT2D eigenvalue weighted by molar-refractivity contribution is 7.09. The van der Waals surface area contributed by atoms with Crippen molar-refractivity contribution in [3.05, 3.63) is 52.0 Å². The van der Waals surface area contributed by atoms with Crippen LogP contribution in [0, 0.1) is 6.92 Å². The summed E-state index contributed by atoms with van der Waals surface area (Å²) in [6, 6.07) is 10.4. The van der Waals surface area contributed by atoms with E-state index in [-0.39, 0.29) is 11.4 Å². The Hall–Kier alpha value is -1.88. The highest BCUT2D eigenvalue weighted by atomic mass is 32.1. The first-order valence-corrected chi connectivity index (χ1v) is 8.54. The number of hydrogen-bond acceptors (Lipinski definition) is 3. The van der Waals surface area contributed by atoms with E-state index in [1.54, 1.807) is 11.3 Å². The Bertz CT molecular complexity index is 634. The van der Waals surface area contributed by atoms with Gasteiger partial charge in [0.15, 0.2) is 0 Å². The van der Waals surface area contributed by atoms with Gasteiger partial charge in [-0.05, 0) is 25.3 Å². The molecular weight excluding hydrogens is 294 g/mol. The number of aryl methyl sites for hydroxylation is 1. The first kappa shape index (κ1) is 15.0. The van der Waals surface area contributed by atoms with Crippen LogP contribution in [0.15, 0.2) is 35.7 Å². The second-order valence-electron chi connectivity index (χ2n) is 5.89. The van der Waals surface area contributed by atoms with Crippen LogP contribution in [0.4, 0.5) is 4.79 Å². The van der Waals surface area contributed by atoms with Gasteiger partial charge in [0.1, 0.15) is 0 Å². The van der Waals surface area contributed by atoms with Gasteiger partial charge in [-0.3, -0.25) is 0 Å². The molecule has 1 aromatic carbocycles. The van der Waals surface area contributed by atoms with E-state index in [0.717, 1.165) is 30.0 Å². The first-order chi connectivity index (χ1) is 10.7. The van der Waals surface area contributed by atoms with Crippen LogP contribution in [0.3, 0.4) is 0 Å². The molecule has 0 bridgehead atoms. The molecule has 1 fully saturated rings. The van der Waals surface area contributed by atoms with Gasteiger partial charge in [0.2, 0.25) is 0 Å². The van der Waals surface area contributed by atoms with Crippen molar-refractivity contribution in [2.24, 2.45) is 0 Å². The summed E-state index contributed by atoms with van der Waals surface area (Å²) in [6.07, 6.45) is 3.08. The average Bonchev–Trinajstić information content (AvgIpc) is 3.22. The van der Waals surface area contributed by atoms with Crippen molar-refractivity contribution >= 4 is 17.4 Å². The van der Waals surface area contributed by atoms with E-state index in [2.05, 4.69) is 39.9 Å². The maximum absolute atomic E-state index is 11.9. The fourth-order valence-corrected chi connectivity index (χ4v) is 3.40. The molecule has 0 radical (unpaired) electrons. The summed E-state index contributed by atoms with van der Waals surface area (Å²) in [6.45, 7) is 3.31. The summed E-state index contributed by atoms with van der Waals surface area (Å²) in [5.74, 6) is 0. The molecule has 0 saturated heterocycles. The molecule has 116 valence electrons. The normalized spacial score (nSPS) is 15.3. The van der Waals surface area contributed by atoms with Gasteiger partial charge >= 0.3 is 6.03 Å². The number of carbonyl (C=O) groups is 1. The quantitative estimate of drug-likeness (QED) is 0.861. The molecule has 0 atom stereocenters. The maximum atomic E-state index is 11.9. The zero-order valence-corrected chi connectivity index (χ0v) is 13.6. The van der Waals surface area contributed by atoms with Crippen LogP contribution in [0.5, 0.6) is 0 Å². The summed E-state index contributed by atoms with van der Waals surface area (Å²) in [7, 11) is 0. The number of nitrogens with zero attached hydrogens (tertiary/aromatic N) is 1. The number of aromatic nitrogens is 1. The number of hydrogen-bond donors (Lipinski definition) is 2. The van der Waals surface area contributed by atoms with Gasteiger partial charge in [0, 0.05) is 36.0 Å².